The predicted molar refractivity (Wildman–Crippen MR) is 81.3 cm³/mol. The number of allylic oxidation sites excluding steroid dienone is 2. The Hall–Kier alpha value is -0.340. The third-order valence-corrected chi connectivity index (χ3v) is 3.58. The van der Waals surface area contributed by atoms with Crippen LogP contribution in [-0.2, 0) is 9.47 Å². The molecule has 0 aromatic carbocycles. The van der Waals surface area contributed by atoms with Crippen molar-refractivity contribution in [1.82, 2.24) is 0 Å². The average molecular weight is 268 g/mol. The van der Waals surface area contributed by atoms with Crippen molar-refractivity contribution in [2.45, 2.75) is 83.8 Å². The molecule has 1 saturated heterocycles. The van der Waals surface area contributed by atoms with Crippen molar-refractivity contribution in [2.75, 3.05) is 13.2 Å². The second-order valence-electron chi connectivity index (χ2n) is 5.48. The minimum Gasteiger partial charge on any atom is -0.353 e. The van der Waals surface area contributed by atoms with Gasteiger partial charge in [0.25, 0.3) is 0 Å². The third kappa shape index (κ3) is 10.1. The number of hydrogen-bond donors (Lipinski definition) is 0. The maximum Gasteiger partial charge on any atom is 0.157 e. The highest BCUT2D eigenvalue weighted by Gasteiger charge is 2.13. The van der Waals surface area contributed by atoms with E-state index in [0.29, 0.717) is 0 Å². The molecular weight excluding hydrogens is 236 g/mol. The summed E-state index contributed by atoms with van der Waals surface area (Å²) in [6.07, 6.45) is 18.6. The Morgan fingerprint density at radius 3 is 2.58 bits per heavy atom. The molecule has 1 fully saturated rings. The van der Waals surface area contributed by atoms with Crippen molar-refractivity contribution in [3.63, 3.8) is 0 Å². The summed E-state index contributed by atoms with van der Waals surface area (Å²) in [5.74, 6) is 0. The van der Waals surface area contributed by atoms with Gasteiger partial charge in [0.1, 0.15) is 0 Å². The lowest BCUT2D eigenvalue weighted by Crippen LogP contribution is -2.22. The molecule has 0 aromatic heterocycles. The van der Waals surface area contributed by atoms with Gasteiger partial charge in [-0.25, -0.2) is 0 Å². The molecule has 1 atom stereocenters. The van der Waals surface area contributed by atoms with Gasteiger partial charge in [0.2, 0.25) is 0 Å². The van der Waals surface area contributed by atoms with Crippen molar-refractivity contribution in [1.29, 1.82) is 0 Å². The predicted octanol–water partition coefficient (Wildman–Crippen LogP) is 5.23. The number of ether oxygens (including phenoxy) is 2. The summed E-state index contributed by atoms with van der Waals surface area (Å²) < 4.78 is 11.3. The summed E-state index contributed by atoms with van der Waals surface area (Å²) in [6.45, 7) is 3.99. The maximum atomic E-state index is 5.72. The summed E-state index contributed by atoms with van der Waals surface area (Å²) in [5, 5.41) is 0. The number of rotatable bonds is 11. The molecule has 19 heavy (non-hydrogen) atoms. The summed E-state index contributed by atoms with van der Waals surface area (Å²) in [6, 6.07) is 0. The van der Waals surface area contributed by atoms with Crippen LogP contribution in [0.15, 0.2) is 12.2 Å². The highest BCUT2D eigenvalue weighted by Crippen LogP contribution is 2.14. The van der Waals surface area contributed by atoms with Gasteiger partial charge < -0.3 is 9.47 Å². The van der Waals surface area contributed by atoms with E-state index in [9.17, 15) is 0 Å². The molecule has 1 aliphatic rings. The lowest BCUT2D eigenvalue weighted by atomic mass is 10.1. The molecule has 1 aliphatic heterocycles. The van der Waals surface area contributed by atoms with Crippen LogP contribution in [0.5, 0.6) is 0 Å². The Labute approximate surface area is 119 Å². The largest absolute Gasteiger partial charge is 0.353 e. The van der Waals surface area contributed by atoms with Crippen LogP contribution in [0.3, 0.4) is 0 Å². The Bertz CT molecular complexity index is 207. The van der Waals surface area contributed by atoms with Crippen LogP contribution >= 0.6 is 0 Å². The van der Waals surface area contributed by atoms with Gasteiger partial charge in [-0.15, -0.1) is 0 Å². The van der Waals surface area contributed by atoms with E-state index in [1.165, 1.54) is 64.2 Å². The first kappa shape index (κ1) is 16.7. The molecule has 112 valence electrons. The highest BCUT2D eigenvalue weighted by atomic mass is 16.7. The fourth-order valence-corrected chi connectivity index (χ4v) is 2.35. The molecule has 2 heteroatoms. The van der Waals surface area contributed by atoms with Gasteiger partial charge in [0.15, 0.2) is 6.29 Å². The van der Waals surface area contributed by atoms with E-state index in [1.54, 1.807) is 0 Å². The van der Waals surface area contributed by atoms with E-state index in [0.717, 1.165) is 19.6 Å². The average Bonchev–Trinajstić information content (AvgIpc) is 2.46. The molecule has 0 aliphatic carbocycles. The van der Waals surface area contributed by atoms with Crippen molar-refractivity contribution in [3.8, 4) is 0 Å². The van der Waals surface area contributed by atoms with Gasteiger partial charge in [-0.1, -0.05) is 44.8 Å². The first-order valence-electron chi connectivity index (χ1n) is 8.31. The molecule has 0 saturated carbocycles. The minimum absolute atomic E-state index is 0.0949. The zero-order valence-corrected chi connectivity index (χ0v) is 12.7. The normalized spacial score (nSPS) is 20.2. The van der Waals surface area contributed by atoms with E-state index >= 15 is 0 Å². The van der Waals surface area contributed by atoms with Crippen LogP contribution < -0.4 is 0 Å². The van der Waals surface area contributed by atoms with E-state index in [2.05, 4.69) is 19.1 Å². The van der Waals surface area contributed by atoms with Crippen LogP contribution in [0.1, 0.15) is 77.6 Å². The first-order chi connectivity index (χ1) is 9.43. The molecular formula is C17H32O2. The summed E-state index contributed by atoms with van der Waals surface area (Å²) in [7, 11) is 0. The zero-order valence-electron chi connectivity index (χ0n) is 12.7. The van der Waals surface area contributed by atoms with Crippen LogP contribution in [0.2, 0.25) is 0 Å². The van der Waals surface area contributed by atoms with Gasteiger partial charge in [0, 0.05) is 13.2 Å². The molecule has 1 unspecified atom stereocenters. The zero-order chi connectivity index (χ0) is 13.6. The van der Waals surface area contributed by atoms with E-state index in [1.807, 2.05) is 0 Å². The Kier molecular flexibility index (Phi) is 11.2. The Morgan fingerprint density at radius 2 is 1.79 bits per heavy atom. The monoisotopic (exact) mass is 268 g/mol. The topological polar surface area (TPSA) is 18.5 Å². The standard InChI is InChI=1S/C17H32O2/c1-2-3-4-5-6-7-8-9-10-12-15-18-17-14-11-13-16-19-17/h4-5,17H,2-3,6-16H2,1H3/b5-4+. The summed E-state index contributed by atoms with van der Waals surface area (Å²) in [4.78, 5) is 0. The lowest BCUT2D eigenvalue weighted by Gasteiger charge is -2.22. The molecule has 0 radical (unpaired) electrons. The molecule has 0 bridgehead atoms. The second-order valence-corrected chi connectivity index (χ2v) is 5.48. The third-order valence-electron chi connectivity index (χ3n) is 3.58. The molecule has 0 amide bonds. The first-order valence-corrected chi connectivity index (χ1v) is 8.31. The molecule has 0 aromatic rings. The smallest absolute Gasteiger partial charge is 0.157 e. The van der Waals surface area contributed by atoms with Crippen molar-refractivity contribution in [3.05, 3.63) is 12.2 Å². The van der Waals surface area contributed by atoms with Gasteiger partial charge in [0.05, 0.1) is 0 Å². The van der Waals surface area contributed by atoms with E-state index < -0.39 is 0 Å². The van der Waals surface area contributed by atoms with Gasteiger partial charge in [-0.05, 0) is 44.9 Å². The fraction of sp³-hybridized carbons (Fsp3) is 0.882. The van der Waals surface area contributed by atoms with Crippen molar-refractivity contribution < 1.29 is 9.47 Å². The number of unbranched alkanes of at least 4 members (excludes halogenated alkanes) is 6. The van der Waals surface area contributed by atoms with Crippen molar-refractivity contribution >= 4 is 0 Å². The quantitative estimate of drug-likeness (QED) is 0.377. The lowest BCUT2D eigenvalue weighted by molar-refractivity contribution is -0.162. The highest BCUT2D eigenvalue weighted by molar-refractivity contribution is 4.80. The maximum absolute atomic E-state index is 5.72. The fourth-order valence-electron chi connectivity index (χ4n) is 2.35. The molecule has 2 nitrogen and oxygen atoms in total. The SMILES string of the molecule is CCC/C=C/CCCCCCCOC1CCCCO1. The molecule has 1 rings (SSSR count). The molecule has 0 spiro atoms. The number of hydrogen-bond acceptors (Lipinski definition) is 2. The van der Waals surface area contributed by atoms with Crippen LogP contribution in [0, 0.1) is 0 Å². The Balaban J connectivity index is 1.76. The van der Waals surface area contributed by atoms with Gasteiger partial charge >= 0.3 is 0 Å². The van der Waals surface area contributed by atoms with E-state index in [-0.39, 0.29) is 6.29 Å². The summed E-state index contributed by atoms with van der Waals surface area (Å²) in [5.41, 5.74) is 0. The molecule has 1 heterocycles. The van der Waals surface area contributed by atoms with Crippen LogP contribution in [0.4, 0.5) is 0 Å². The Morgan fingerprint density at radius 1 is 1.00 bits per heavy atom. The van der Waals surface area contributed by atoms with Crippen molar-refractivity contribution in [2.24, 2.45) is 0 Å². The van der Waals surface area contributed by atoms with Crippen LogP contribution in [-0.4, -0.2) is 19.5 Å². The minimum atomic E-state index is 0.0949. The molecule has 0 N–H and O–H groups in total. The second kappa shape index (κ2) is 12.7. The van der Waals surface area contributed by atoms with Crippen LogP contribution in [0.25, 0.3) is 0 Å². The summed E-state index contributed by atoms with van der Waals surface area (Å²) >= 11 is 0. The van der Waals surface area contributed by atoms with Gasteiger partial charge in [-0.2, -0.15) is 0 Å². The van der Waals surface area contributed by atoms with Gasteiger partial charge in [-0.3, -0.25) is 0 Å². The van der Waals surface area contributed by atoms with E-state index in [4.69, 9.17) is 9.47 Å².